The van der Waals surface area contributed by atoms with Crippen LogP contribution in [0.1, 0.15) is 22.3 Å². The molecule has 0 atom stereocenters. The third-order valence-electron chi connectivity index (χ3n) is 11.0. The van der Waals surface area contributed by atoms with Crippen molar-refractivity contribution >= 4 is 67.4 Å². The highest BCUT2D eigenvalue weighted by Gasteiger charge is 2.22. The molecule has 0 spiro atoms. The van der Waals surface area contributed by atoms with E-state index in [2.05, 4.69) is 231 Å². The molecule has 0 aliphatic rings. The minimum absolute atomic E-state index is 1.18. The van der Waals surface area contributed by atoms with E-state index in [1.165, 1.54) is 98.7 Å². The maximum atomic E-state index is 2.33. The van der Waals surface area contributed by atoms with Crippen LogP contribution in [0.4, 0.5) is 0 Å². The van der Waals surface area contributed by atoms with Crippen molar-refractivity contribution < 1.29 is 0 Å². The summed E-state index contributed by atoms with van der Waals surface area (Å²) in [6.45, 7) is 0. The number of fused-ring (bicyclic) bond motifs is 4. The van der Waals surface area contributed by atoms with Crippen LogP contribution in [0, 0.1) is 0 Å². The maximum absolute atomic E-state index is 2.33. The van der Waals surface area contributed by atoms with Crippen molar-refractivity contribution in [1.82, 2.24) is 0 Å². The minimum atomic E-state index is 1.18. The van der Waals surface area contributed by atoms with E-state index in [4.69, 9.17) is 0 Å². The van der Waals surface area contributed by atoms with E-state index >= 15 is 0 Å². The highest BCUT2D eigenvalue weighted by Crippen LogP contribution is 2.50. The fourth-order valence-electron chi connectivity index (χ4n) is 8.53. The van der Waals surface area contributed by atoms with Gasteiger partial charge in [-0.2, -0.15) is 0 Å². The second-order valence-electron chi connectivity index (χ2n) is 14.4. The number of benzene rings is 10. The molecule has 0 N–H and O–H groups in total. The van der Waals surface area contributed by atoms with Gasteiger partial charge in [-0.25, -0.2) is 0 Å². The Bertz CT molecular complexity index is 2780. The van der Waals surface area contributed by atoms with E-state index in [1.54, 1.807) is 0 Å². The SMILES string of the molecule is C(=C\c1cccc(-c2c3ccccc3c(-c3c4ccccc4c(-c4cccc(/C=C/c5ccccc5)c4)c4ccccc34)c3ccccc23)c1)/c1ccccc1. The van der Waals surface area contributed by atoms with Gasteiger partial charge in [0.1, 0.15) is 0 Å². The Morgan fingerprint density at radius 3 is 0.768 bits per heavy atom. The van der Waals surface area contributed by atoms with Gasteiger partial charge in [-0.3, -0.25) is 0 Å². The Hall–Kier alpha value is -7.28. The predicted molar refractivity (Wildman–Crippen MR) is 244 cm³/mol. The fourth-order valence-corrected chi connectivity index (χ4v) is 8.53. The summed E-state index contributed by atoms with van der Waals surface area (Å²) in [5, 5.41) is 10.0. The molecule has 0 nitrogen and oxygen atoms in total. The Morgan fingerprint density at radius 1 is 0.196 bits per heavy atom. The normalized spacial score (nSPS) is 11.8. The number of hydrogen-bond donors (Lipinski definition) is 0. The lowest BCUT2D eigenvalue weighted by atomic mass is 9.81. The zero-order valence-corrected chi connectivity index (χ0v) is 30.9. The van der Waals surface area contributed by atoms with Crippen LogP contribution in [-0.2, 0) is 0 Å². The summed E-state index contributed by atoms with van der Waals surface area (Å²) in [7, 11) is 0. The van der Waals surface area contributed by atoms with Gasteiger partial charge in [0, 0.05) is 0 Å². The fraction of sp³-hybridized carbons (Fsp3) is 0. The summed E-state index contributed by atoms with van der Waals surface area (Å²) < 4.78 is 0. The summed E-state index contributed by atoms with van der Waals surface area (Å²) in [6, 6.07) is 74.9. The average Bonchev–Trinajstić information content (AvgIpc) is 3.27. The monoisotopic (exact) mass is 710 g/mol. The second-order valence-corrected chi connectivity index (χ2v) is 14.4. The predicted octanol–water partition coefficient (Wildman–Crippen LogP) is 15.6. The van der Waals surface area contributed by atoms with Crippen molar-refractivity contribution in [1.29, 1.82) is 0 Å². The third kappa shape index (κ3) is 6.08. The first-order valence-electron chi connectivity index (χ1n) is 19.3. The van der Waals surface area contributed by atoms with E-state index < -0.39 is 0 Å². The third-order valence-corrected chi connectivity index (χ3v) is 11.0. The van der Waals surface area contributed by atoms with Gasteiger partial charge in [-0.15, -0.1) is 0 Å². The van der Waals surface area contributed by atoms with Gasteiger partial charge >= 0.3 is 0 Å². The lowest BCUT2D eigenvalue weighted by Gasteiger charge is -2.22. The molecule has 0 unspecified atom stereocenters. The lowest BCUT2D eigenvalue weighted by molar-refractivity contribution is 1.63. The van der Waals surface area contributed by atoms with Gasteiger partial charge in [0.15, 0.2) is 0 Å². The van der Waals surface area contributed by atoms with Crippen molar-refractivity contribution in [2.24, 2.45) is 0 Å². The molecule has 262 valence electrons. The van der Waals surface area contributed by atoms with Crippen LogP contribution in [0.5, 0.6) is 0 Å². The zero-order chi connectivity index (χ0) is 37.3. The van der Waals surface area contributed by atoms with Gasteiger partial charge in [0.25, 0.3) is 0 Å². The first kappa shape index (κ1) is 33.3. The molecule has 0 saturated carbocycles. The molecule has 0 saturated heterocycles. The molecule has 0 radical (unpaired) electrons. The van der Waals surface area contributed by atoms with E-state index in [0.29, 0.717) is 0 Å². The van der Waals surface area contributed by atoms with Gasteiger partial charge in [-0.05, 0) is 111 Å². The van der Waals surface area contributed by atoms with Crippen LogP contribution in [0.3, 0.4) is 0 Å². The molecule has 0 amide bonds. The molecule has 0 bridgehead atoms. The quantitative estimate of drug-likeness (QED) is 0.114. The molecule has 10 rings (SSSR count). The largest absolute Gasteiger partial charge is 0.0622 e. The van der Waals surface area contributed by atoms with Crippen LogP contribution < -0.4 is 0 Å². The molecule has 10 aromatic rings. The Balaban J connectivity index is 1.21. The highest BCUT2D eigenvalue weighted by atomic mass is 14.2. The van der Waals surface area contributed by atoms with Gasteiger partial charge < -0.3 is 0 Å². The molecular weight excluding hydrogens is 673 g/mol. The van der Waals surface area contributed by atoms with E-state index in [0.717, 1.165) is 0 Å². The molecule has 0 aromatic heterocycles. The zero-order valence-electron chi connectivity index (χ0n) is 30.9. The molecule has 0 heteroatoms. The maximum Gasteiger partial charge on any atom is -0.00139 e. The van der Waals surface area contributed by atoms with Crippen molar-refractivity contribution in [3.63, 3.8) is 0 Å². The summed E-state index contributed by atoms with van der Waals surface area (Å²) in [5.41, 5.74) is 12.2. The summed E-state index contributed by atoms with van der Waals surface area (Å²) in [5.74, 6) is 0. The minimum Gasteiger partial charge on any atom is -0.0622 e. The lowest BCUT2D eigenvalue weighted by Crippen LogP contribution is -1.94. The standard InChI is InChI=1S/C56H38/c1-3-17-39(18-4-1)33-35-41-21-15-23-43(37-41)53-45-25-7-11-29-49(45)55(50-30-12-8-26-46(50)53)56-51-31-13-9-27-47(51)54(48-28-10-14-32-52(48)56)44-24-16-22-42(38-44)36-34-40-19-5-2-6-20-40/h1-38H/b35-33+,36-34+. The summed E-state index contributed by atoms with van der Waals surface area (Å²) in [4.78, 5) is 0. The molecule has 0 heterocycles. The van der Waals surface area contributed by atoms with Crippen LogP contribution >= 0.6 is 0 Å². The first-order chi connectivity index (χ1) is 27.8. The van der Waals surface area contributed by atoms with Gasteiger partial charge in [-0.1, -0.05) is 218 Å². The summed E-state index contributed by atoms with van der Waals surface area (Å²) in [6.07, 6.45) is 8.81. The molecule has 0 aliphatic carbocycles. The Morgan fingerprint density at radius 2 is 0.446 bits per heavy atom. The molecule has 0 aliphatic heterocycles. The number of rotatable bonds is 7. The second kappa shape index (κ2) is 14.5. The number of hydrogen-bond acceptors (Lipinski definition) is 0. The van der Waals surface area contributed by atoms with Gasteiger partial charge in [0.2, 0.25) is 0 Å². The first-order valence-corrected chi connectivity index (χ1v) is 19.3. The van der Waals surface area contributed by atoms with Crippen molar-refractivity contribution in [2.45, 2.75) is 0 Å². The molecule has 10 aromatic carbocycles. The molecule has 0 fully saturated rings. The van der Waals surface area contributed by atoms with E-state index in [-0.39, 0.29) is 0 Å². The Labute approximate surface area is 328 Å². The smallest absolute Gasteiger partial charge is 0.00139 e. The van der Waals surface area contributed by atoms with E-state index in [1.807, 2.05) is 0 Å². The highest BCUT2D eigenvalue weighted by molar-refractivity contribution is 6.30. The Kier molecular flexibility index (Phi) is 8.63. The summed E-state index contributed by atoms with van der Waals surface area (Å²) >= 11 is 0. The van der Waals surface area contributed by atoms with Crippen molar-refractivity contribution in [3.8, 4) is 33.4 Å². The van der Waals surface area contributed by atoms with E-state index in [9.17, 15) is 0 Å². The molecule has 56 heavy (non-hydrogen) atoms. The topological polar surface area (TPSA) is 0 Å². The van der Waals surface area contributed by atoms with Crippen LogP contribution in [0.2, 0.25) is 0 Å². The van der Waals surface area contributed by atoms with Crippen LogP contribution in [-0.4, -0.2) is 0 Å². The average molecular weight is 711 g/mol. The van der Waals surface area contributed by atoms with Crippen molar-refractivity contribution in [3.05, 3.63) is 229 Å². The van der Waals surface area contributed by atoms with Gasteiger partial charge in [0.05, 0.1) is 0 Å². The van der Waals surface area contributed by atoms with Crippen LogP contribution in [0.25, 0.3) is 101 Å². The van der Waals surface area contributed by atoms with Crippen molar-refractivity contribution in [2.75, 3.05) is 0 Å². The van der Waals surface area contributed by atoms with Crippen LogP contribution in [0.15, 0.2) is 206 Å². The molecular formula is C56H38.